The largest absolute Gasteiger partial charge is 0.461 e. The van der Waals surface area contributed by atoms with Crippen LogP contribution in [0, 0.1) is 46.3 Å². The number of esters is 1. The van der Waals surface area contributed by atoms with Crippen LogP contribution in [-0.4, -0.2) is 35.0 Å². The van der Waals surface area contributed by atoms with Gasteiger partial charge >= 0.3 is 5.97 Å². The molecule has 0 aromatic heterocycles. The highest BCUT2D eigenvalue weighted by Crippen LogP contribution is 2.68. The van der Waals surface area contributed by atoms with Gasteiger partial charge < -0.3 is 14.9 Å². The number of rotatable bonds is 1. The van der Waals surface area contributed by atoms with Gasteiger partial charge in [0.1, 0.15) is 6.10 Å². The van der Waals surface area contributed by atoms with Crippen molar-refractivity contribution in [3.8, 4) is 0 Å². The van der Waals surface area contributed by atoms with Crippen molar-refractivity contribution in [3.63, 3.8) is 0 Å². The fourth-order valence-electron chi connectivity index (χ4n) is 8.48. The number of hydrogen-bond donors (Lipinski definition) is 2. The van der Waals surface area contributed by atoms with Gasteiger partial charge in [0.15, 0.2) is 0 Å². The predicted octanol–water partition coefficient (Wildman–Crippen LogP) is 3.15. The van der Waals surface area contributed by atoms with Crippen molar-refractivity contribution in [1.29, 1.82) is 0 Å². The molecular formula is C22H34O4. The molecule has 0 aromatic carbocycles. The minimum atomic E-state index is -0.294. The lowest BCUT2D eigenvalue weighted by atomic mass is 9.45. The highest BCUT2D eigenvalue weighted by molar-refractivity contribution is 5.75. The van der Waals surface area contributed by atoms with E-state index in [9.17, 15) is 15.0 Å². The Morgan fingerprint density at radius 1 is 1.00 bits per heavy atom. The van der Waals surface area contributed by atoms with Crippen molar-refractivity contribution in [3.05, 3.63) is 0 Å². The summed E-state index contributed by atoms with van der Waals surface area (Å²) in [6, 6.07) is 0. The van der Waals surface area contributed by atoms with E-state index in [2.05, 4.69) is 13.8 Å². The summed E-state index contributed by atoms with van der Waals surface area (Å²) in [6.07, 6.45) is 9.04. The Morgan fingerprint density at radius 2 is 1.77 bits per heavy atom. The summed E-state index contributed by atoms with van der Waals surface area (Å²) in [6.45, 7) is 4.81. The Kier molecular flexibility index (Phi) is 3.83. The molecule has 4 nitrogen and oxygen atoms in total. The summed E-state index contributed by atoms with van der Waals surface area (Å²) >= 11 is 0. The van der Waals surface area contributed by atoms with Crippen molar-refractivity contribution >= 4 is 5.97 Å². The second kappa shape index (κ2) is 5.70. The molecular weight excluding hydrogens is 328 g/mol. The van der Waals surface area contributed by atoms with Gasteiger partial charge in [-0.3, -0.25) is 4.79 Å². The molecule has 4 saturated carbocycles. The quantitative estimate of drug-likeness (QED) is 0.703. The molecule has 0 spiro atoms. The van der Waals surface area contributed by atoms with Crippen LogP contribution in [0.25, 0.3) is 0 Å². The van der Waals surface area contributed by atoms with E-state index in [1.54, 1.807) is 0 Å². The number of aliphatic hydroxyl groups is 2. The van der Waals surface area contributed by atoms with Gasteiger partial charge in [0.05, 0.1) is 18.6 Å². The van der Waals surface area contributed by atoms with Crippen LogP contribution in [0.4, 0.5) is 0 Å². The maximum absolute atomic E-state index is 12.2. The minimum absolute atomic E-state index is 0.0248. The highest BCUT2D eigenvalue weighted by Gasteiger charge is 2.66. The third-order valence-corrected chi connectivity index (χ3v) is 9.90. The zero-order valence-electron chi connectivity index (χ0n) is 16.2. The predicted molar refractivity (Wildman–Crippen MR) is 97.1 cm³/mol. The van der Waals surface area contributed by atoms with E-state index in [0.717, 1.165) is 37.5 Å². The molecule has 0 amide bonds. The lowest BCUT2D eigenvalue weighted by Crippen LogP contribution is -2.54. The molecule has 5 fully saturated rings. The van der Waals surface area contributed by atoms with E-state index >= 15 is 0 Å². The van der Waals surface area contributed by atoms with Crippen molar-refractivity contribution in [1.82, 2.24) is 0 Å². The molecule has 10 atom stereocenters. The Morgan fingerprint density at radius 3 is 2.54 bits per heavy atom. The van der Waals surface area contributed by atoms with Crippen LogP contribution in [-0.2, 0) is 9.53 Å². The molecule has 5 rings (SSSR count). The lowest BCUT2D eigenvalue weighted by molar-refractivity contribution is -0.160. The summed E-state index contributed by atoms with van der Waals surface area (Å²) in [5, 5.41) is 19.9. The van der Waals surface area contributed by atoms with E-state index in [4.69, 9.17) is 4.74 Å². The molecule has 0 radical (unpaired) electrons. The molecule has 4 heteroatoms. The Hall–Kier alpha value is -0.610. The van der Waals surface area contributed by atoms with E-state index in [0.29, 0.717) is 17.3 Å². The molecule has 10 unspecified atom stereocenters. The second-order valence-corrected chi connectivity index (χ2v) is 10.7. The van der Waals surface area contributed by atoms with Crippen LogP contribution in [0.1, 0.15) is 65.2 Å². The Balaban J connectivity index is 1.44. The third-order valence-electron chi connectivity index (χ3n) is 9.90. The number of ether oxygens (including phenoxy) is 1. The summed E-state index contributed by atoms with van der Waals surface area (Å²) in [5.74, 6) is 2.56. The molecule has 0 aromatic rings. The maximum atomic E-state index is 12.2. The molecule has 26 heavy (non-hydrogen) atoms. The third kappa shape index (κ3) is 2.12. The molecule has 1 heterocycles. The number of aliphatic hydroxyl groups excluding tert-OH is 2. The van der Waals surface area contributed by atoms with Gasteiger partial charge in [-0.25, -0.2) is 0 Å². The first-order chi connectivity index (χ1) is 12.4. The van der Waals surface area contributed by atoms with Gasteiger partial charge in [-0.05, 0) is 80.5 Å². The van der Waals surface area contributed by atoms with Gasteiger partial charge in [0, 0.05) is 11.3 Å². The van der Waals surface area contributed by atoms with Gasteiger partial charge in [-0.1, -0.05) is 13.8 Å². The second-order valence-electron chi connectivity index (χ2n) is 10.7. The van der Waals surface area contributed by atoms with Crippen LogP contribution in [0.2, 0.25) is 0 Å². The summed E-state index contributed by atoms with van der Waals surface area (Å²) < 4.78 is 5.85. The topological polar surface area (TPSA) is 66.8 Å². The number of carbonyl (C=O) groups excluding carboxylic acids is 1. The normalized spacial score (nSPS) is 58.4. The van der Waals surface area contributed by atoms with Crippen LogP contribution in [0.5, 0.6) is 0 Å². The lowest BCUT2D eigenvalue weighted by Gasteiger charge is -2.60. The molecule has 146 valence electrons. The fraction of sp³-hybridized carbons (Fsp3) is 0.955. The smallest absolute Gasteiger partial charge is 0.312 e. The molecule has 4 aliphatic carbocycles. The number of carbonyl (C=O) groups is 1. The Labute approximate surface area is 156 Å². The average molecular weight is 363 g/mol. The van der Waals surface area contributed by atoms with E-state index in [-0.39, 0.29) is 42.0 Å². The van der Waals surface area contributed by atoms with Crippen molar-refractivity contribution in [2.24, 2.45) is 46.3 Å². The van der Waals surface area contributed by atoms with Gasteiger partial charge in [0.25, 0.3) is 0 Å². The van der Waals surface area contributed by atoms with Crippen LogP contribution in [0.3, 0.4) is 0 Å². The summed E-state index contributed by atoms with van der Waals surface area (Å²) in [4.78, 5) is 12.2. The van der Waals surface area contributed by atoms with Gasteiger partial charge in [0.2, 0.25) is 0 Å². The maximum Gasteiger partial charge on any atom is 0.312 e. The first-order valence-corrected chi connectivity index (χ1v) is 10.9. The molecule has 1 aliphatic heterocycles. The standard InChI is InChI=1S/C22H34O4/c1-21-7-5-13(24)9-12(21)3-4-14-17(21)6-8-22(2)18(14)10-15-16(11-23)20(25)26-19(15)22/h12-19,23-24H,3-11H2,1-2H3. The highest BCUT2D eigenvalue weighted by atomic mass is 16.6. The number of hydrogen-bond acceptors (Lipinski definition) is 4. The van der Waals surface area contributed by atoms with Crippen molar-refractivity contribution in [2.75, 3.05) is 6.61 Å². The van der Waals surface area contributed by atoms with E-state index in [1.165, 1.54) is 25.7 Å². The number of fused-ring (bicyclic) bond motifs is 7. The fourth-order valence-corrected chi connectivity index (χ4v) is 8.48. The monoisotopic (exact) mass is 362 g/mol. The van der Waals surface area contributed by atoms with Gasteiger partial charge in [-0.2, -0.15) is 0 Å². The summed E-state index contributed by atoms with van der Waals surface area (Å²) in [7, 11) is 0. The Bertz CT molecular complexity index is 605. The molecule has 2 N–H and O–H groups in total. The zero-order chi connectivity index (χ0) is 18.3. The summed E-state index contributed by atoms with van der Waals surface area (Å²) in [5.41, 5.74) is 0.483. The SMILES string of the molecule is CC12CCC(O)CC1CCC1C2CCC2(C)C1CC1C(CO)C(=O)OC12. The minimum Gasteiger partial charge on any atom is -0.461 e. The van der Waals surface area contributed by atoms with Gasteiger partial charge in [-0.15, -0.1) is 0 Å². The van der Waals surface area contributed by atoms with Crippen LogP contribution >= 0.6 is 0 Å². The van der Waals surface area contributed by atoms with Crippen molar-refractivity contribution < 1.29 is 19.7 Å². The van der Waals surface area contributed by atoms with Crippen molar-refractivity contribution in [2.45, 2.75) is 77.4 Å². The average Bonchev–Trinajstić information content (AvgIpc) is 3.08. The first kappa shape index (κ1) is 17.5. The van der Waals surface area contributed by atoms with Crippen LogP contribution in [0.15, 0.2) is 0 Å². The first-order valence-electron chi connectivity index (χ1n) is 10.9. The molecule has 1 saturated heterocycles. The molecule has 0 bridgehead atoms. The zero-order valence-corrected chi connectivity index (χ0v) is 16.2. The van der Waals surface area contributed by atoms with E-state index in [1.807, 2.05) is 0 Å². The molecule has 5 aliphatic rings. The van der Waals surface area contributed by atoms with E-state index < -0.39 is 0 Å². The van der Waals surface area contributed by atoms with Crippen LogP contribution < -0.4 is 0 Å².